The number of benzene rings is 1. The molecule has 5 nitrogen and oxygen atoms in total. The summed E-state index contributed by atoms with van der Waals surface area (Å²) in [5.41, 5.74) is 1.71. The van der Waals surface area contributed by atoms with Gasteiger partial charge in [0.15, 0.2) is 0 Å². The molecule has 24 heavy (non-hydrogen) atoms. The van der Waals surface area contributed by atoms with Crippen LogP contribution >= 0.6 is 0 Å². The second-order valence-corrected chi connectivity index (χ2v) is 5.42. The van der Waals surface area contributed by atoms with Gasteiger partial charge in [-0.3, -0.25) is 9.78 Å². The Hall–Kier alpha value is -3.08. The van der Waals surface area contributed by atoms with Gasteiger partial charge in [-0.05, 0) is 42.0 Å². The zero-order chi connectivity index (χ0) is 16.8. The lowest BCUT2D eigenvalue weighted by Gasteiger charge is -2.20. The third-order valence-corrected chi connectivity index (χ3v) is 3.79. The fraction of sp³-hybridized carbons (Fsp3) is 0.158. The molecule has 2 aromatic heterocycles. The second-order valence-electron chi connectivity index (χ2n) is 5.42. The first-order valence-electron chi connectivity index (χ1n) is 7.72. The molecule has 3 aromatic rings. The van der Waals surface area contributed by atoms with Crippen molar-refractivity contribution in [3.05, 3.63) is 78.9 Å². The van der Waals surface area contributed by atoms with E-state index in [0.717, 1.165) is 11.3 Å². The summed E-state index contributed by atoms with van der Waals surface area (Å²) >= 11 is 0. The number of hydrogen-bond acceptors (Lipinski definition) is 3. The van der Waals surface area contributed by atoms with Crippen LogP contribution in [0.3, 0.4) is 0 Å². The Balaban J connectivity index is 1.82. The van der Waals surface area contributed by atoms with E-state index in [1.54, 1.807) is 25.6 Å². The van der Waals surface area contributed by atoms with Crippen LogP contribution in [-0.4, -0.2) is 22.6 Å². The van der Waals surface area contributed by atoms with E-state index in [1.807, 2.05) is 59.4 Å². The molecule has 1 N–H and O–H groups in total. The minimum atomic E-state index is -0.105. The van der Waals surface area contributed by atoms with Crippen LogP contribution < -0.4 is 10.1 Å². The molecule has 0 aliphatic heterocycles. The number of carbonyl (C=O) groups is 1. The first-order valence-corrected chi connectivity index (χ1v) is 7.72. The molecule has 0 saturated heterocycles. The van der Waals surface area contributed by atoms with Gasteiger partial charge in [-0.2, -0.15) is 0 Å². The van der Waals surface area contributed by atoms with Gasteiger partial charge in [-0.1, -0.05) is 12.1 Å². The Labute approximate surface area is 140 Å². The van der Waals surface area contributed by atoms with Crippen molar-refractivity contribution in [2.24, 2.45) is 0 Å². The van der Waals surface area contributed by atoms with E-state index in [9.17, 15) is 4.79 Å². The Morgan fingerprint density at radius 3 is 2.75 bits per heavy atom. The number of anilines is 1. The first-order chi connectivity index (χ1) is 11.8. The molecule has 1 amide bonds. The maximum atomic E-state index is 12.5. The molecule has 122 valence electrons. The van der Waals surface area contributed by atoms with E-state index >= 15 is 0 Å². The summed E-state index contributed by atoms with van der Waals surface area (Å²) in [7, 11) is 1.64. The van der Waals surface area contributed by atoms with Crippen LogP contribution in [0.5, 0.6) is 5.75 Å². The smallest absolute Gasteiger partial charge is 0.226 e. The Kier molecular flexibility index (Phi) is 4.91. The van der Waals surface area contributed by atoms with Gasteiger partial charge in [0.1, 0.15) is 5.75 Å². The highest BCUT2D eigenvalue weighted by Gasteiger charge is 2.18. The Morgan fingerprint density at radius 1 is 1.21 bits per heavy atom. The van der Waals surface area contributed by atoms with E-state index in [4.69, 9.17) is 4.74 Å². The predicted octanol–water partition coefficient (Wildman–Crippen LogP) is 3.51. The van der Waals surface area contributed by atoms with Crippen LogP contribution in [0.2, 0.25) is 0 Å². The highest BCUT2D eigenvalue weighted by atomic mass is 16.5. The predicted molar refractivity (Wildman–Crippen MR) is 93.0 cm³/mol. The van der Waals surface area contributed by atoms with Crippen molar-refractivity contribution in [2.45, 2.75) is 12.5 Å². The molecule has 5 heteroatoms. The number of hydrogen-bond donors (Lipinski definition) is 1. The standard InChI is InChI=1S/C19H19N3O2/c1-24-17-8-4-6-15(12-17)18(22-10-2-3-11-22)13-19(23)21-16-7-5-9-20-14-16/h2-12,14,18H,13H2,1H3,(H,21,23)/t18-/m0/s1. The van der Waals surface area contributed by atoms with E-state index in [0.29, 0.717) is 12.1 Å². The topological polar surface area (TPSA) is 56.1 Å². The van der Waals surface area contributed by atoms with Crippen molar-refractivity contribution in [1.82, 2.24) is 9.55 Å². The molecule has 1 atom stereocenters. The minimum Gasteiger partial charge on any atom is -0.497 e. The number of nitrogens with one attached hydrogen (secondary N) is 1. The average Bonchev–Trinajstić information content (AvgIpc) is 3.15. The number of pyridine rings is 1. The molecule has 0 aliphatic rings. The number of amides is 1. The van der Waals surface area contributed by atoms with Gasteiger partial charge in [-0.15, -0.1) is 0 Å². The molecule has 1 aromatic carbocycles. The van der Waals surface area contributed by atoms with Gasteiger partial charge in [0.25, 0.3) is 0 Å². The maximum Gasteiger partial charge on any atom is 0.226 e. The fourth-order valence-electron chi connectivity index (χ4n) is 2.62. The molecule has 0 radical (unpaired) electrons. The van der Waals surface area contributed by atoms with Gasteiger partial charge in [-0.25, -0.2) is 0 Å². The number of aromatic nitrogens is 2. The molecule has 3 rings (SSSR count). The number of ether oxygens (including phenoxy) is 1. The molecular formula is C19H19N3O2. The Bertz CT molecular complexity index is 785. The normalized spacial score (nSPS) is 11.7. The molecule has 0 spiro atoms. The summed E-state index contributed by atoms with van der Waals surface area (Å²) < 4.78 is 7.33. The molecular weight excluding hydrogens is 302 g/mol. The second kappa shape index (κ2) is 7.46. The zero-order valence-corrected chi connectivity index (χ0v) is 13.4. The van der Waals surface area contributed by atoms with Crippen LogP contribution in [0, 0.1) is 0 Å². The van der Waals surface area contributed by atoms with Crippen LogP contribution in [0.15, 0.2) is 73.3 Å². The van der Waals surface area contributed by atoms with Crippen molar-refractivity contribution in [2.75, 3.05) is 12.4 Å². The van der Waals surface area contributed by atoms with E-state index in [-0.39, 0.29) is 11.9 Å². The highest BCUT2D eigenvalue weighted by molar-refractivity contribution is 5.91. The maximum absolute atomic E-state index is 12.5. The van der Waals surface area contributed by atoms with Gasteiger partial charge in [0.2, 0.25) is 5.91 Å². The molecule has 0 saturated carbocycles. The number of nitrogens with zero attached hydrogens (tertiary/aromatic N) is 2. The number of rotatable bonds is 6. The third-order valence-electron chi connectivity index (χ3n) is 3.79. The molecule has 0 unspecified atom stereocenters. The van der Waals surface area contributed by atoms with Crippen LogP contribution in [0.4, 0.5) is 5.69 Å². The highest BCUT2D eigenvalue weighted by Crippen LogP contribution is 2.26. The minimum absolute atomic E-state index is 0.0653. The molecule has 2 heterocycles. The van der Waals surface area contributed by atoms with Crippen molar-refractivity contribution < 1.29 is 9.53 Å². The summed E-state index contributed by atoms with van der Waals surface area (Å²) in [6.07, 6.45) is 7.54. The van der Waals surface area contributed by atoms with Crippen molar-refractivity contribution >= 4 is 11.6 Å². The zero-order valence-electron chi connectivity index (χ0n) is 13.4. The molecule has 0 bridgehead atoms. The molecule has 0 aliphatic carbocycles. The largest absolute Gasteiger partial charge is 0.497 e. The summed E-state index contributed by atoms with van der Waals surface area (Å²) in [5.74, 6) is 0.710. The molecule has 0 fully saturated rings. The fourth-order valence-corrected chi connectivity index (χ4v) is 2.62. The van der Waals surface area contributed by atoms with Gasteiger partial charge < -0.3 is 14.6 Å². The van der Waals surface area contributed by atoms with Crippen LogP contribution in [0.1, 0.15) is 18.0 Å². The summed E-state index contributed by atoms with van der Waals surface area (Å²) in [5, 5.41) is 2.89. The first kappa shape index (κ1) is 15.8. The lowest BCUT2D eigenvalue weighted by Crippen LogP contribution is -2.19. The quantitative estimate of drug-likeness (QED) is 0.756. The van der Waals surface area contributed by atoms with Crippen LogP contribution in [-0.2, 0) is 4.79 Å². The Morgan fingerprint density at radius 2 is 2.04 bits per heavy atom. The summed E-state index contributed by atoms with van der Waals surface area (Å²) in [4.78, 5) is 16.5. The third kappa shape index (κ3) is 3.81. The van der Waals surface area contributed by atoms with Crippen molar-refractivity contribution in [1.29, 1.82) is 0 Å². The monoisotopic (exact) mass is 321 g/mol. The van der Waals surface area contributed by atoms with E-state index in [2.05, 4.69) is 10.3 Å². The van der Waals surface area contributed by atoms with Crippen LogP contribution in [0.25, 0.3) is 0 Å². The van der Waals surface area contributed by atoms with Gasteiger partial charge in [0.05, 0.1) is 31.5 Å². The summed E-state index contributed by atoms with van der Waals surface area (Å²) in [6, 6.07) is 15.2. The summed E-state index contributed by atoms with van der Waals surface area (Å²) in [6.45, 7) is 0. The lowest BCUT2D eigenvalue weighted by atomic mass is 10.0. The van der Waals surface area contributed by atoms with Crippen molar-refractivity contribution in [3.8, 4) is 5.75 Å². The van der Waals surface area contributed by atoms with Gasteiger partial charge >= 0.3 is 0 Å². The average molecular weight is 321 g/mol. The van der Waals surface area contributed by atoms with E-state index < -0.39 is 0 Å². The van der Waals surface area contributed by atoms with E-state index in [1.165, 1.54) is 0 Å². The number of carbonyl (C=O) groups excluding carboxylic acids is 1. The van der Waals surface area contributed by atoms with Crippen molar-refractivity contribution in [3.63, 3.8) is 0 Å². The lowest BCUT2D eigenvalue weighted by molar-refractivity contribution is -0.116. The SMILES string of the molecule is COc1cccc([C@H](CC(=O)Nc2cccnc2)n2cccc2)c1. The van der Waals surface area contributed by atoms with Gasteiger partial charge in [0, 0.05) is 18.6 Å². The number of methoxy groups -OCH3 is 1.